The third-order valence-corrected chi connectivity index (χ3v) is 2.33. The minimum atomic E-state index is -0.442. The standard InChI is InChI=1S/C10H15N3O2/c1-3-12(4-2)10-6-5-8(13(14)15)7-9(10)11/h5-7H,3-4,11H2,1-2H3. The Morgan fingerprint density at radius 3 is 2.40 bits per heavy atom. The molecule has 0 aromatic heterocycles. The lowest BCUT2D eigenvalue weighted by Crippen LogP contribution is -2.22. The van der Waals surface area contributed by atoms with E-state index in [0.717, 1.165) is 18.8 Å². The highest BCUT2D eigenvalue weighted by molar-refractivity contribution is 5.70. The summed E-state index contributed by atoms with van der Waals surface area (Å²) in [4.78, 5) is 12.1. The van der Waals surface area contributed by atoms with Crippen molar-refractivity contribution in [3.8, 4) is 0 Å². The summed E-state index contributed by atoms with van der Waals surface area (Å²) in [6.07, 6.45) is 0. The molecular formula is C10H15N3O2. The fourth-order valence-electron chi connectivity index (χ4n) is 1.51. The highest BCUT2D eigenvalue weighted by Gasteiger charge is 2.11. The summed E-state index contributed by atoms with van der Waals surface area (Å²) in [5.41, 5.74) is 7.10. The normalized spacial score (nSPS) is 10.0. The molecule has 5 heteroatoms. The number of anilines is 2. The lowest BCUT2D eigenvalue weighted by Gasteiger charge is -2.22. The van der Waals surface area contributed by atoms with Gasteiger partial charge >= 0.3 is 0 Å². The van der Waals surface area contributed by atoms with E-state index < -0.39 is 4.92 Å². The van der Waals surface area contributed by atoms with E-state index in [1.165, 1.54) is 12.1 Å². The molecule has 1 rings (SSSR count). The van der Waals surface area contributed by atoms with E-state index in [1.807, 2.05) is 13.8 Å². The zero-order chi connectivity index (χ0) is 11.4. The van der Waals surface area contributed by atoms with Crippen molar-refractivity contribution in [3.05, 3.63) is 28.3 Å². The first-order valence-corrected chi connectivity index (χ1v) is 4.89. The molecule has 0 aliphatic heterocycles. The molecule has 0 heterocycles. The molecule has 0 radical (unpaired) electrons. The first-order chi connectivity index (χ1) is 7.10. The maximum absolute atomic E-state index is 10.5. The number of nitro benzene ring substituents is 1. The largest absolute Gasteiger partial charge is 0.397 e. The number of rotatable bonds is 4. The molecule has 0 fully saturated rings. The second-order valence-corrected chi connectivity index (χ2v) is 3.17. The van der Waals surface area contributed by atoms with Gasteiger partial charge in [-0.2, -0.15) is 0 Å². The van der Waals surface area contributed by atoms with Crippen LogP contribution in [0.25, 0.3) is 0 Å². The highest BCUT2D eigenvalue weighted by Crippen LogP contribution is 2.27. The minimum Gasteiger partial charge on any atom is -0.397 e. The van der Waals surface area contributed by atoms with Crippen LogP contribution in [0.3, 0.4) is 0 Å². The number of nitrogen functional groups attached to an aromatic ring is 1. The van der Waals surface area contributed by atoms with Crippen LogP contribution in [0.15, 0.2) is 18.2 Å². The molecule has 0 saturated heterocycles. The van der Waals surface area contributed by atoms with Gasteiger partial charge in [0, 0.05) is 25.2 Å². The quantitative estimate of drug-likeness (QED) is 0.467. The average Bonchev–Trinajstić information content (AvgIpc) is 2.21. The maximum Gasteiger partial charge on any atom is 0.271 e. The van der Waals surface area contributed by atoms with Crippen molar-refractivity contribution in [2.24, 2.45) is 0 Å². The minimum absolute atomic E-state index is 0.0309. The molecule has 0 aliphatic rings. The van der Waals surface area contributed by atoms with Gasteiger partial charge in [-0.15, -0.1) is 0 Å². The first kappa shape index (κ1) is 11.3. The second kappa shape index (κ2) is 4.63. The summed E-state index contributed by atoms with van der Waals surface area (Å²) in [6.45, 7) is 5.70. The van der Waals surface area contributed by atoms with E-state index in [-0.39, 0.29) is 5.69 Å². The Balaban J connectivity index is 3.07. The van der Waals surface area contributed by atoms with E-state index in [9.17, 15) is 10.1 Å². The summed E-state index contributed by atoms with van der Waals surface area (Å²) >= 11 is 0. The van der Waals surface area contributed by atoms with E-state index in [2.05, 4.69) is 4.90 Å². The molecule has 0 spiro atoms. The van der Waals surface area contributed by atoms with Gasteiger partial charge in [-0.1, -0.05) is 0 Å². The molecule has 0 saturated carbocycles. The van der Waals surface area contributed by atoms with Crippen LogP contribution in [0.2, 0.25) is 0 Å². The van der Waals surface area contributed by atoms with Gasteiger partial charge in [0.2, 0.25) is 0 Å². The van der Waals surface area contributed by atoms with Gasteiger partial charge in [0.25, 0.3) is 5.69 Å². The third kappa shape index (κ3) is 2.37. The Morgan fingerprint density at radius 1 is 1.40 bits per heavy atom. The van der Waals surface area contributed by atoms with Crippen LogP contribution in [0.4, 0.5) is 17.1 Å². The zero-order valence-electron chi connectivity index (χ0n) is 8.93. The summed E-state index contributed by atoms with van der Waals surface area (Å²) < 4.78 is 0. The Labute approximate surface area is 88.6 Å². The smallest absolute Gasteiger partial charge is 0.271 e. The Kier molecular flexibility index (Phi) is 3.49. The summed E-state index contributed by atoms with van der Waals surface area (Å²) in [5.74, 6) is 0. The molecule has 0 amide bonds. The van der Waals surface area contributed by atoms with Crippen molar-refractivity contribution in [1.82, 2.24) is 0 Å². The van der Waals surface area contributed by atoms with Gasteiger partial charge in [-0.05, 0) is 19.9 Å². The predicted molar refractivity (Wildman–Crippen MR) is 61.1 cm³/mol. The van der Waals surface area contributed by atoms with E-state index in [0.29, 0.717) is 5.69 Å². The van der Waals surface area contributed by atoms with Crippen molar-refractivity contribution in [1.29, 1.82) is 0 Å². The van der Waals surface area contributed by atoms with Crippen molar-refractivity contribution >= 4 is 17.1 Å². The molecule has 0 atom stereocenters. The number of hydrogen-bond donors (Lipinski definition) is 1. The summed E-state index contributed by atoms with van der Waals surface area (Å²) in [7, 11) is 0. The fraction of sp³-hybridized carbons (Fsp3) is 0.400. The Morgan fingerprint density at radius 2 is 2.00 bits per heavy atom. The highest BCUT2D eigenvalue weighted by atomic mass is 16.6. The van der Waals surface area contributed by atoms with Crippen LogP contribution in [0.5, 0.6) is 0 Å². The molecule has 82 valence electrons. The molecule has 2 N–H and O–H groups in total. The number of nitro groups is 1. The van der Waals surface area contributed by atoms with Crippen LogP contribution in [-0.4, -0.2) is 18.0 Å². The summed E-state index contributed by atoms with van der Waals surface area (Å²) in [5, 5.41) is 10.5. The number of nitrogens with zero attached hydrogens (tertiary/aromatic N) is 2. The van der Waals surface area contributed by atoms with Crippen molar-refractivity contribution < 1.29 is 4.92 Å². The number of non-ortho nitro benzene ring substituents is 1. The summed E-state index contributed by atoms with van der Waals surface area (Å²) in [6, 6.07) is 4.57. The monoisotopic (exact) mass is 209 g/mol. The molecule has 1 aromatic rings. The molecular weight excluding hydrogens is 194 g/mol. The van der Waals surface area contributed by atoms with Gasteiger partial charge in [-0.25, -0.2) is 0 Å². The van der Waals surface area contributed by atoms with Gasteiger partial charge in [-0.3, -0.25) is 10.1 Å². The zero-order valence-corrected chi connectivity index (χ0v) is 8.93. The van der Waals surface area contributed by atoms with Crippen LogP contribution < -0.4 is 10.6 Å². The first-order valence-electron chi connectivity index (χ1n) is 4.89. The second-order valence-electron chi connectivity index (χ2n) is 3.17. The number of benzene rings is 1. The Hall–Kier alpha value is -1.78. The van der Waals surface area contributed by atoms with Crippen LogP contribution in [0, 0.1) is 10.1 Å². The van der Waals surface area contributed by atoms with Gasteiger partial charge < -0.3 is 10.6 Å². The van der Waals surface area contributed by atoms with Crippen LogP contribution >= 0.6 is 0 Å². The molecule has 0 aliphatic carbocycles. The van der Waals surface area contributed by atoms with Crippen LogP contribution in [-0.2, 0) is 0 Å². The molecule has 0 bridgehead atoms. The molecule has 15 heavy (non-hydrogen) atoms. The van der Waals surface area contributed by atoms with E-state index in [4.69, 9.17) is 5.73 Å². The van der Waals surface area contributed by atoms with Gasteiger partial charge in [0.15, 0.2) is 0 Å². The van der Waals surface area contributed by atoms with Gasteiger partial charge in [0.05, 0.1) is 16.3 Å². The van der Waals surface area contributed by atoms with Gasteiger partial charge in [0.1, 0.15) is 0 Å². The molecule has 1 aromatic carbocycles. The number of nitrogens with two attached hydrogens (primary N) is 1. The molecule has 0 unspecified atom stereocenters. The predicted octanol–water partition coefficient (Wildman–Crippen LogP) is 2.02. The van der Waals surface area contributed by atoms with Crippen molar-refractivity contribution in [3.63, 3.8) is 0 Å². The van der Waals surface area contributed by atoms with Crippen molar-refractivity contribution in [2.75, 3.05) is 23.7 Å². The van der Waals surface area contributed by atoms with Crippen LogP contribution in [0.1, 0.15) is 13.8 Å². The SMILES string of the molecule is CCN(CC)c1ccc([N+](=O)[O-])cc1N. The lowest BCUT2D eigenvalue weighted by molar-refractivity contribution is -0.384. The average molecular weight is 209 g/mol. The number of hydrogen-bond acceptors (Lipinski definition) is 4. The van der Waals surface area contributed by atoms with E-state index >= 15 is 0 Å². The molecule has 5 nitrogen and oxygen atoms in total. The lowest BCUT2D eigenvalue weighted by atomic mass is 10.2. The maximum atomic E-state index is 10.5. The fourth-order valence-corrected chi connectivity index (χ4v) is 1.51. The Bertz CT molecular complexity index is 362. The van der Waals surface area contributed by atoms with E-state index in [1.54, 1.807) is 6.07 Å². The van der Waals surface area contributed by atoms with Crippen molar-refractivity contribution in [2.45, 2.75) is 13.8 Å². The topological polar surface area (TPSA) is 72.4 Å². The third-order valence-electron chi connectivity index (χ3n) is 2.33.